The molecule has 0 bridgehead atoms. The van der Waals surface area contributed by atoms with Gasteiger partial charge in [-0.15, -0.1) is 0 Å². The Balaban J connectivity index is 1.82. The maximum absolute atomic E-state index is 13.6. The van der Waals surface area contributed by atoms with E-state index in [0.717, 1.165) is 23.4 Å². The minimum absolute atomic E-state index is 0.0345. The number of likely N-dealkylation sites (N-methyl/N-ethyl adjacent to an activating group) is 1. The summed E-state index contributed by atoms with van der Waals surface area (Å²) in [7, 11) is 5.43. The van der Waals surface area contributed by atoms with Gasteiger partial charge in [-0.3, -0.25) is 9.59 Å². The van der Waals surface area contributed by atoms with Crippen LogP contribution in [0.5, 0.6) is 5.75 Å². The van der Waals surface area contributed by atoms with Crippen LogP contribution in [0.25, 0.3) is 0 Å². The lowest BCUT2D eigenvalue weighted by atomic mass is 10.1. The molecule has 2 N–H and O–H groups in total. The maximum Gasteiger partial charge on any atom is 0.254 e. The van der Waals surface area contributed by atoms with Gasteiger partial charge in [0.25, 0.3) is 5.91 Å². The molecule has 0 fully saturated rings. The van der Waals surface area contributed by atoms with Gasteiger partial charge in [-0.2, -0.15) is 0 Å². The van der Waals surface area contributed by atoms with Crippen LogP contribution >= 0.6 is 0 Å². The average molecular weight is 405 g/mol. The molecule has 0 aliphatic rings. The van der Waals surface area contributed by atoms with E-state index in [4.69, 9.17) is 4.74 Å². The third-order valence-corrected chi connectivity index (χ3v) is 4.43. The molecule has 0 heterocycles. The smallest absolute Gasteiger partial charge is 0.254 e. The van der Waals surface area contributed by atoms with Crippen molar-refractivity contribution >= 4 is 11.8 Å². The molecule has 0 aliphatic heterocycles. The van der Waals surface area contributed by atoms with Gasteiger partial charge in [0.1, 0.15) is 17.4 Å². The number of nitrogens with one attached hydrogen (secondary N) is 2. The van der Waals surface area contributed by atoms with Crippen LogP contribution in [-0.2, 0) is 4.79 Å². The van der Waals surface area contributed by atoms with Crippen molar-refractivity contribution in [1.29, 1.82) is 0 Å². The fourth-order valence-corrected chi connectivity index (χ4v) is 2.78. The first-order chi connectivity index (χ1) is 13.8. The summed E-state index contributed by atoms with van der Waals surface area (Å²) in [5, 5.41) is 5.30. The highest BCUT2D eigenvalue weighted by Crippen LogP contribution is 2.20. The molecule has 0 aromatic heterocycles. The van der Waals surface area contributed by atoms with E-state index in [9.17, 15) is 18.4 Å². The van der Waals surface area contributed by atoms with Gasteiger partial charge in [0.2, 0.25) is 5.91 Å². The number of halogens is 2. The van der Waals surface area contributed by atoms with Crippen molar-refractivity contribution in [3.8, 4) is 5.75 Å². The van der Waals surface area contributed by atoms with Gasteiger partial charge in [-0.25, -0.2) is 8.78 Å². The van der Waals surface area contributed by atoms with Crippen molar-refractivity contribution in [2.75, 3.05) is 34.3 Å². The summed E-state index contributed by atoms with van der Waals surface area (Å²) < 4.78 is 31.6. The second-order valence-electron chi connectivity index (χ2n) is 6.69. The number of hydrogen-bond donors (Lipinski definition) is 2. The molecule has 6 nitrogen and oxygen atoms in total. The van der Waals surface area contributed by atoms with Gasteiger partial charge in [-0.1, -0.05) is 12.1 Å². The molecule has 0 saturated heterocycles. The van der Waals surface area contributed by atoms with Gasteiger partial charge in [0.15, 0.2) is 0 Å². The largest absolute Gasteiger partial charge is 0.497 e. The number of carbonyl (C=O) groups is 2. The van der Waals surface area contributed by atoms with Crippen molar-refractivity contribution in [3.05, 3.63) is 65.2 Å². The summed E-state index contributed by atoms with van der Waals surface area (Å²) in [6.07, 6.45) is 0.0390. The highest BCUT2D eigenvalue weighted by atomic mass is 19.1. The molecule has 0 aliphatic carbocycles. The maximum atomic E-state index is 13.6. The number of amides is 2. The predicted molar refractivity (Wildman–Crippen MR) is 106 cm³/mol. The second kappa shape index (κ2) is 10.5. The van der Waals surface area contributed by atoms with Crippen molar-refractivity contribution in [3.63, 3.8) is 0 Å². The SMILES string of the molecule is COc1ccc(C(CNC(=O)CCNC(=O)c2ccc(F)cc2F)N(C)C)cc1. The summed E-state index contributed by atoms with van der Waals surface area (Å²) in [6, 6.07) is 10.3. The quantitative estimate of drug-likeness (QED) is 0.673. The number of hydrogen-bond acceptors (Lipinski definition) is 4. The molecule has 0 saturated carbocycles. The van der Waals surface area contributed by atoms with Gasteiger partial charge in [0.05, 0.1) is 18.7 Å². The van der Waals surface area contributed by atoms with Crippen molar-refractivity contribution < 1.29 is 23.1 Å². The minimum Gasteiger partial charge on any atom is -0.497 e. The molecule has 2 rings (SSSR count). The first-order valence-corrected chi connectivity index (χ1v) is 9.12. The molecule has 8 heteroatoms. The third kappa shape index (κ3) is 6.53. The van der Waals surface area contributed by atoms with E-state index < -0.39 is 17.5 Å². The minimum atomic E-state index is -0.944. The van der Waals surface area contributed by atoms with E-state index in [-0.39, 0.29) is 30.5 Å². The zero-order valence-corrected chi connectivity index (χ0v) is 16.7. The van der Waals surface area contributed by atoms with E-state index in [1.165, 1.54) is 0 Å². The van der Waals surface area contributed by atoms with Crippen LogP contribution in [0.3, 0.4) is 0 Å². The first-order valence-electron chi connectivity index (χ1n) is 9.12. The van der Waals surface area contributed by atoms with E-state index >= 15 is 0 Å². The van der Waals surface area contributed by atoms with E-state index in [1.54, 1.807) is 7.11 Å². The zero-order chi connectivity index (χ0) is 21.4. The van der Waals surface area contributed by atoms with Crippen LogP contribution < -0.4 is 15.4 Å². The Hall–Kier alpha value is -3.00. The number of benzene rings is 2. The van der Waals surface area contributed by atoms with Gasteiger partial charge in [-0.05, 0) is 43.9 Å². The predicted octanol–water partition coefficient (Wildman–Crippen LogP) is 2.51. The Morgan fingerprint density at radius 1 is 1.07 bits per heavy atom. The first kappa shape index (κ1) is 22.3. The Bertz CT molecular complexity index is 842. The van der Waals surface area contributed by atoms with Gasteiger partial charge in [0, 0.05) is 25.6 Å². The van der Waals surface area contributed by atoms with Crippen LogP contribution in [0.2, 0.25) is 0 Å². The van der Waals surface area contributed by atoms with Crippen molar-refractivity contribution in [2.45, 2.75) is 12.5 Å². The van der Waals surface area contributed by atoms with E-state index in [1.807, 2.05) is 43.3 Å². The summed E-state index contributed by atoms with van der Waals surface area (Å²) in [5.74, 6) is -1.89. The summed E-state index contributed by atoms with van der Waals surface area (Å²) in [5.41, 5.74) is 0.759. The van der Waals surface area contributed by atoms with E-state index in [2.05, 4.69) is 10.6 Å². The van der Waals surface area contributed by atoms with Crippen LogP contribution in [0, 0.1) is 11.6 Å². The second-order valence-corrected chi connectivity index (χ2v) is 6.69. The highest BCUT2D eigenvalue weighted by molar-refractivity contribution is 5.94. The normalized spacial score (nSPS) is 11.8. The van der Waals surface area contributed by atoms with Crippen molar-refractivity contribution in [2.24, 2.45) is 0 Å². The lowest BCUT2D eigenvalue weighted by Gasteiger charge is -2.25. The molecular formula is C21H25F2N3O3. The molecule has 0 spiro atoms. The van der Waals surface area contributed by atoms with Gasteiger partial charge < -0.3 is 20.3 Å². The molecule has 29 heavy (non-hydrogen) atoms. The van der Waals surface area contributed by atoms with Crippen LogP contribution in [-0.4, -0.2) is 51.0 Å². The van der Waals surface area contributed by atoms with Crippen LogP contribution in [0.15, 0.2) is 42.5 Å². The Labute approximate surface area is 168 Å². The standard InChI is InChI=1S/C21H25F2N3O3/c1-26(2)19(14-4-7-16(29-3)8-5-14)13-25-20(27)10-11-24-21(28)17-9-6-15(22)12-18(17)23/h4-9,12,19H,10-11,13H2,1-3H3,(H,24,28)(H,25,27). The lowest BCUT2D eigenvalue weighted by Crippen LogP contribution is -2.36. The van der Waals surface area contributed by atoms with Crippen molar-refractivity contribution in [1.82, 2.24) is 15.5 Å². The third-order valence-electron chi connectivity index (χ3n) is 4.43. The Morgan fingerprint density at radius 3 is 2.34 bits per heavy atom. The molecule has 2 aromatic carbocycles. The Morgan fingerprint density at radius 2 is 1.76 bits per heavy atom. The fraction of sp³-hybridized carbons (Fsp3) is 0.333. The molecule has 156 valence electrons. The van der Waals surface area contributed by atoms with Crippen LogP contribution in [0.4, 0.5) is 8.78 Å². The summed E-state index contributed by atoms with van der Waals surface area (Å²) in [6.45, 7) is 0.426. The molecule has 0 radical (unpaired) electrons. The van der Waals surface area contributed by atoms with Crippen LogP contribution in [0.1, 0.15) is 28.4 Å². The number of carbonyl (C=O) groups excluding carboxylic acids is 2. The topological polar surface area (TPSA) is 70.7 Å². The summed E-state index contributed by atoms with van der Waals surface area (Å²) >= 11 is 0. The average Bonchev–Trinajstić information content (AvgIpc) is 2.68. The number of methoxy groups -OCH3 is 1. The number of nitrogens with zero attached hydrogens (tertiary/aromatic N) is 1. The van der Waals surface area contributed by atoms with Gasteiger partial charge >= 0.3 is 0 Å². The molecule has 2 aromatic rings. The summed E-state index contributed by atoms with van der Waals surface area (Å²) in [4.78, 5) is 26.0. The Kier molecular flexibility index (Phi) is 8.09. The monoisotopic (exact) mass is 405 g/mol. The number of ether oxygens (including phenoxy) is 1. The van der Waals surface area contributed by atoms with E-state index in [0.29, 0.717) is 12.6 Å². The molecule has 2 amide bonds. The molecule has 1 unspecified atom stereocenters. The fourth-order valence-electron chi connectivity index (χ4n) is 2.78. The number of rotatable bonds is 9. The lowest BCUT2D eigenvalue weighted by molar-refractivity contribution is -0.121. The zero-order valence-electron chi connectivity index (χ0n) is 16.7. The molecular weight excluding hydrogens is 380 g/mol. The molecule has 1 atom stereocenters. The highest BCUT2D eigenvalue weighted by Gasteiger charge is 2.16.